The zero-order valence-corrected chi connectivity index (χ0v) is 8.92. The van der Waals surface area contributed by atoms with Gasteiger partial charge in [-0.2, -0.15) is 10.3 Å². The van der Waals surface area contributed by atoms with Gasteiger partial charge in [-0.15, -0.1) is 16.4 Å². The summed E-state index contributed by atoms with van der Waals surface area (Å²) in [5, 5.41) is 11.1. The summed E-state index contributed by atoms with van der Waals surface area (Å²) < 4.78 is 0.829. The molecule has 2 aromatic heterocycles. The van der Waals surface area contributed by atoms with Crippen molar-refractivity contribution in [3.8, 4) is 0 Å². The highest BCUT2D eigenvalue weighted by Crippen LogP contribution is 2.27. The molecular formula is C7H6ClN3S2. The number of aromatic nitrogens is 3. The van der Waals surface area contributed by atoms with E-state index in [0.717, 1.165) is 15.1 Å². The van der Waals surface area contributed by atoms with E-state index in [-0.39, 0.29) is 0 Å². The summed E-state index contributed by atoms with van der Waals surface area (Å²) in [6.07, 6.45) is 1.71. The molecule has 0 aromatic carbocycles. The zero-order valence-electron chi connectivity index (χ0n) is 6.53. The number of aromatic amines is 1. The van der Waals surface area contributed by atoms with Crippen LogP contribution in [0.3, 0.4) is 0 Å². The normalized spacial score (nSPS) is 10.5. The number of nitrogens with one attached hydrogen (secondary N) is 1. The number of rotatable bonds is 3. The van der Waals surface area contributed by atoms with Crippen LogP contribution in [-0.4, -0.2) is 15.4 Å². The van der Waals surface area contributed by atoms with Crippen molar-refractivity contribution >= 4 is 34.7 Å². The zero-order chi connectivity index (χ0) is 9.10. The van der Waals surface area contributed by atoms with Gasteiger partial charge in [0.2, 0.25) is 0 Å². The van der Waals surface area contributed by atoms with E-state index < -0.39 is 0 Å². The number of thioether (sulfide) groups is 1. The Kier molecular flexibility index (Phi) is 2.87. The first kappa shape index (κ1) is 9.05. The highest BCUT2D eigenvalue weighted by molar-refractivity contribution is 7.98. The van der Waals surface area contributed by atoms with Crippen LogP contribution < -0.4 is 0 Å². The molecule has 3 nitrogen and oxygen atoms in total. The van der Waals surface area contributed by atoms with Crippen molar-refractivity contribution in [3.05, 3.63) is 27.5 Å². The van der Waals surface area contributed by atoms with Crippen LogP contribution in [-0.2, 0) is 5.75 Å². The van der Waals surface area contributed by atoms with E-state index in [2.05, 4.69) is 15.4 Å². The lowest BCUT2D eigenvalue weighted by molar-refractivity contribution is 0.911. The average molecular weight is 232 g/mol. The minimum absolute atomic E-state index is 0.829. The third-order valence-electron chi connectivity index (χ3n) is 1.38. The highest BCUT2D eigenvalue weighted by Gasteiger charge is 2.00. The van der Waals surface area contributed by atoms with E-state index in [0.29, 0.717) is 0 Å². The van der Waals surface area contributed by atoms with Crippen LogP contribution in [0.4, 0.5) is 0 Å². The minimum atomic E-state index is 0.829. The first-order valence-corrected chi connectivity index (χ1v) is 5.75. The Morgan fingerprint density at radius 3 is 3.08 bits per heavy atom. The second-order valence-corrected chi connectivity index (χ2v) is 5.10. The van der Waals surface area contributed by atoms with Gasteiger partial charge < -0.3 is 0 Å². The standard InChI is InChI=1S/C7H6ClN3S2/c8-6-2-1-5(13-6)4-12-7-3-9-11-10-7/h1-3H,4H2,(H,9,10,11). The van der Waals surface area contributed by atoms with Crippen LogP contribution in [0.15, 0.2) is 23.4 Å². The molecule has 0 saturated heterocycles. The lowest BCUT2D eigenvalue weighted by Crippen LogP contribution is -1.74. The van der Waals surface area contributed by atoms with Crippen molar-refractivity contribution in [2.75, 3.05) is 0 Å². The van der Waals surface area contributed by atoms with Crippen molar-refractivity contribution in [1.82, 2.24) is 15.4 Å². The summed E-state index contributed by atoms with van der Waals surface area (Å²) in [5.41, 5.74) is 0. The molecule has 0 fully saturated rings. The van der Waals surface area contributed by atoms with Gasteiger partial charge in [0.1, 0.15) is 5.03 Å². The Hall–Kier alpha value is -0.520. The maximum atomic E-state index is 5.80. The summed E-state index contributed by atoms with van der Waals surface area (Å²) in [7, 11) is 0. The van der Waals surface area contributed by atoms with Crippen molar-refractivity contribution in [2.45, 2.75) is 10.8 Å². The average Bonchev–Trinajstić information content (AvgIpc) is 2.71. The Bertz CT molecular complexity index is 371. The van der Waals surface area contributed by atoms with Crippen molar-refractivity contribution in [1.29, 1.82) is 0 Å². The van der Waals surface area contributed by atoms with E-state index in [1.54, 1.807) is 29.3 Å². The van der Waals surface area contributed by atoms with Crippen LogP contribution in [0.1, 0.15) is 4.88 Å². The van der Waals surface area contributed by atoms with Crippen LogP contribution in [0.2, 0.25) is 4.34 Å². The van der Waals surface area contributed by atoms with Crippen LogP contribution in [0.25, 0.3) is 0 Å². The van der Waals surface area contributed by atoms with Gasteiger partial charge in [-0.3, -0.25) is 0 Å². The summed E-state index contributed by atoms with van der Waals surface area (Å²) in [5.74, 6) is 0.893. The lowest BCUT2D eigenvalue weighted by atomic mass is 10.5. The molecule has 6 heteroatoms. The SMILES string of the molecule is Clc1ccc(CSc2cn[nH]n2)s1. The molecule has 0 aliphatic heterocycles. The number of hydrogen-bond donors (Lipinski definition) is 1. The van der Waals surface area contributed by atoms with E-state index in [9.17, 15) is 0 Å². The Morgan fingerprint density at radius 1 is 1.54 bits per heavy atom. The lowest BCUT2D eigenvalue weighted by Gasteiger charge is -1.91. The van der Waals surface area contributed by atoms with Crippen molar-refractivity contribution in [2.24, 2.45) is 0 Å². The smallest absolute Gasteiger partial charge is 0.139 e. The molecule has 0 unspecified atom stereocenters. The van der Waals surface area contributed by atoms with Crippen molar-refractivity contribution in [3.63, 3.8) is 0 Å². The number of H-pyrrole nitrogens is 1. The number of hydrogen-bond acceptors (Lipinski definition) is 4. The number of thiophene rings is 1. The minimum Gasteiger partial charge on any atom is -0.197 e. The molecule has 2 rings (SSSR count). The Labute approximate surface area is 88.5 Å². The molecule has 1 N–H and O–H groups in total. The number of halogens is 1. The Morgan fingerprint density at radius 2 is 2.46 bits per heavy atom. The summed E-state index contributed by atoms with van der Waals surface area (Å²) in [4.78, 5) is 1.25. The molecule has 2 aromatic rings. The van der Waals surface area contributed by atoms with Crippen LogP contribution in [0, 0.1) is 0 Å². The molecule has 0 bridgehead atoms. The summed E-state index contributed by atoms with van der Waals surface area (Å²) >= 11 is 9.03. The molecule has 0 amide bonds. The summed E-state index contributed by atoms with van der Waals surface area (Å²) in [6, 6.07) is 3.94. The topological polar surface area (TPSA) is 41.6 Å². The molecule has 0 aliphatic carbocycles. The largest absolute Gasteiger partial charge is 0.197 e. The summed E-state index contributed by atoms with van der Waals surface area (Å²) in [6.45, 7) is 0. The van der Waals surface area contributed by atoms with Gasteiger partial charge in [-0.1, -0.05) is 23.4 Å². The Balaban J connectivity index is 1.93. The first-order chi connectivity index (χ1) is 6.34. The van der Waals surface area contributed by atoms with Gasteiger partial charge in [0.05, 0.1) is 10.5 Å². The molecule has 0 spiro atoms. The second-order valence-electron chi connectivity index (χ2n) is 2.30. The van der Waals surface area contributed by atoms with Gasteiger partial charge in [-0.25, -0.2) is 0 Å². The van der Waals surface area contributed by atoms with Crippen LogP contribution >= 0.6 is 34.7 Å². The van der Waals surface area contributed by atoms with Gasteiger partial charge >= 0.3 is 0 Å². The monoisotopic (exact) mass is 231 g/mol. The first-order valence-electron chi connectivity index (χ1n) is 3.57. The maximum absolute atomic E-state index is 5.80. The molecule has 0 atom stereocenters. The third-order valence-corrected chi connectivity index (χ3v) is 3.75. The quantitative estimate of drug-likeness (QED) is 0.826. The van der Waals surface area contributed by atoms with Gasteiger partial charge in [-0.05, 0) is 12.1 Å². The predicted octanol–water partition coefficient (Wildman–Crippen LogP) is 2.81. The molecule has 2 heterocycles. The van der Waals surface area contributed by atoms with E-state index in [4.69, 9.17) is 11.6 Å². The fraction of sp³-hybridized carbons (Fsp3) is 0.143. The molecule has 0 saturated carbocycles. The van der Waals surface area contributed by atoms with Crippen LogP contribution in [0.5, 0.6) is 0 Å². The third kappa shape index (κ3) is 2.46. The maximum Gasteiger partial charge on any atom is 0.139 e. The van der Waals surface area contributed by atoms with Gasteiger partial charge in [0.15, 0.2) is 0 Å². The number of nitrogens with zero attached hydrogens (tertiary/aromatic N) is 2. The fourth-order valence-corrected chi connectivity index (χ4v) is 2.75. The van der Waals surface area contributed by atoms with E-state index in [1.807, 2.05) is 12.1 Å². The molecule has 68 valence electrons. The highest BCUT2D eigenvalue weighted by atomic mass is 35.5. The fourth-order valence-electron chi connectivity index (χ4n) is 0.835. The molecular weight excluding hydrogens is 226 g/mol. The van der Waals surface area contributed by atoms with E-state index in [1.165, 1.54) is 4.88 Å². The van der Waals surface area contributed by atoms with Gasteiger partial charge in [0, 0.05) is 10.6 Å². The molecule has 0 aliphatic rings. The predicted molar refractivity (Wildman–Crippen MR) is 55.3 cm³/mol. The van der Waals surface area contributed by atoms with Crippen molar-refractivity contribution < 1.29 is 0 Å². The molecule has 13 heavy (non-hydrogen) atoms. The van der Waals surface area contributed by atoms with Gasteiger partial charge in [0.25, 0.3) is 0 Å². The van der Waals surface area contributed by atoms with E-state index >= 15 is 0 Å². The second kappa shape index (κ2) is 4.13. The molecule has 0 radical (unpaired) electrons.